The molecule has 0 bridgehead atoms. The maximum Gasteiger partial charge on any atom is 0.331 e. The average molecular weight is 234 g/mol. The summed E-state index contributed by atoms with van der Waals surface area (Å²) < 4.78 is 15.8. The lowest BCUT2D eigenvalue weighted by atomic mass is 9.95. The Bertz CT molecular complexity index is 213. The summed E-state index contributed by atoms with van der Waals surface area (Å²) in [4.78, 5) is 11.5. The van der Waals surface area contributed by atoms with Crippen LogP contribution in [-0.4, -0.2) is 34.9 Å². The second-order valence-corrected chi connectivity index (χ2v) is 7.99. The van der Waals surface area contributed by atoms with Crippen LogP contribution in [0.25, 0.3) is 0 Å². The van der Waals surface area contributed by atoms with Gasteiger partial charge in [0.25, 0.3) is 0 Å². The highest BCUT2D eigenvalue weighted by Crippen LogP contribution is 2.20. The van der Waals surface area contributed by atoms with E-state index < -0.39 is 14.0 Å². The van der Waals surface area contributed by atoms with Gasteiger partial charge in [0.15, 0.2) is 0 Å². The molecule has 4 nitrogen and oxygen atoms in total. The smallest absolute Gasteiger partial charge is 0.331 e. The number of hydrogen-bond donors (Lipinski definition) is 0. The summed E-state index contributed by atoms with van der Waals surface area (Å²) in [5, 5.41) is 0. The Hall–Kier alpha value is -0.393. The maximum atomic E-state index is 11.5. The molecule has 0 aromatic heterocycles. The van der Waals surface area contributed by atoms with Crippen LogP contribution in [0.2, 0.25) is 13.1 Å². The fraction of sp³-hybridized carbons (Fsp3) is 0.900. The Labute approximate surface area is 93.2 Å². The monoisotopic (exact) mass is 234 g/mol. The Kier molecular flexibility index (Phi) is 5.48. The lowest BCUT2D eigenvalue weighted by Gasteiger charge is -2.27. The fourth-order valence-electron chi connectivity index (χ4n) is 0.799. The Morgan fingerprint density at radius 1 is 1.33 bits per heavy atom. The minimum atomic E-state index is -2.06. The Morgan fingerprint density at radius 2 is 1.87 bits per heavy atom. The summed E-state index contributed by atoms with van der Waals surface area (Å²) in [5.74, 6) is -0.231. The third kappa shape index (κ3) is 5.29. The number of carbonyl (C=O) groups excluding carboxylic acids is 1. The summed E-state index contributed by atoms with van der Waals surface area (Å²) in [7, 11) is -0.435. The van der Waals surface area contributed by atoms with E-state index in [0.29, 0.717) is 13.2 Å². The summed E-state index contributed by atoms with van der Waals surface area (Å²) >= 11 is 0. The minimum Gasteiger partial charge on any atom is -0.466 e. The van der Waals surface area contributed by atoms with Crippen molar-refractivity contribution in [1.29, 1.82) is 0 Å². The number of ether oxygens (including phenoxy) is 1. The highest BCUT2D eigenvalue weighted by atomic mass is 28.4. The lowest BCUT2D eigenvalue weighted by molar-refractivity contribution is -0.155. The third-order valence-electron chi connectivity index (χ3n) is 2.10. The van der Waals surface area contributed by atoms with E-state index in [-0.39, 0.29) is 5.97 Å². The summed E-state index contributed by atoms with van der Waals surface area (Å²) in [6.07, 6.45) is 0. The zero-order valence-corrected chi connectivity index (χ0v) is 11.5. The summed E-state index contributed by atoms with van der Waals surface area (Å²) in [6, 6.07) is 0. The van der Waals surface area contributed by atoms with Crippen molar-refractivity contribution in [1.82, 2.24) is 0 Å². The number of carbonyl (C=O) groups is 1. The van der Waals surface area contributed by atoms with Crippen LogP contribution in [0, 0.1) is 5.41 Å². The molecule has 0 rings (SSSR count). The van der Waals surface area contributed by atoms with Crippen LogP contribution < -0.4 is 0 Å². The first-order chi connectivity index (χ1) is 6.75. The van der Waals surface area contributed by atoms with E-state index in [0.717, 1.165) is 0 Å². The maximum absolute atomic E-state index is 11.5. The minimum absolute atomic E-state index is 0.231. The molecule has 0 radical (unpaired) electrons. The van der Waals surface area contributed by atoms with Gasteiger partial charge in [0.05, 0.1) is 18.6 Å². The van der Waals surface area contributed by atoms with Crippen molar-refractivity contribution in [2.75, 3.05) is 20.3 Å². The first kappa shape index (κ1) is 14.6. The molecule has 0 saturated heterocycles. The Balaban J connectivity index is 4.20. The number of hydrogen-bond acceptors (Lipinski definition) is 4. The van der Waals surface area contributed by atoms with Crippen LogP contribution in [0.5, 0.6) is 0 Å². The van der Waals surface area contributed by atoms with Gasteiger partial charge in [-0.2, -0.15) is 0 Å². The summed E-state index contributed by atoms with van der Waals surface area (Å²) in [6.45, 7) is 10.0. The molecular formula is C10H22O4Si. The molecule has 0 atom stereocenters. The molecule has 0 amide bonds. The zero-order valence-electron chi connectivity index (χ0n) is 10.5. The SMILES string of the molecule is CCOC(=O)C(C)(C)CO[Si](C)(C)OC. The van der Waals surface area contributed by atoms with Gasteiger partial charge in [0.2, 0.25) is 0 Å². The molecule has 0 aromatic rings. The zero-order chi connectivity index (χ0) is 12.1. The Morgan fingerprint density at radius 3 is 2.27 bits per heavy atom. The van der Waals surface area contributed by atoms with Gasteiger partial charge in [-0.3, -0.25) is 4.79 Å². The molecule has 15 heavy (non-hydrogen) atoms. The van der Waals surface area contributed by atoms with E-state index >= 15 is 0 Å². The standard InChI is InChI=1S/C10H22O4Si/c1-7-13-9(11)10(2,3)8-14-15(5,6)12-4/h7-8H2,1-6H3. The summed E-state index contributed by atoms with van der Waals surface area (Å²) in [5.41, 5.74) is -0.612. The molecule has 0 aliphatic carbocycles. The molecule has 0 spiro atoms. The van der Waals surface area contributed by atoms with Crippen molar-refractivity contribution in [3.63, 3.8) is 0 Å². The molecule has 0 N–H and O–H groups in total. The molecule has 0 aliphatic rings. The van der Waals surface area contributed by atoms with Crippen LogP contribution in [0.3, 0.4) is 0 Å². The molecule has 0 unspecified atom stereocenters. The fourth-order valence-corrected chi connectivity index (χ4v) is 1.62. The largest absolute Gasteiger partial charge is 0.466 e. The van der Waals surface area contributed by atoms with Crippen molar-refractivity contribution < 1.29 is 18.4 Å². The highest BCUT2D eigenvalue weighted by molar-refractivity contribution is 6.64. The quantitative estimate of drug-likeness (QED) is 0.520. The molecule has 0 aromatic carbocycles. The van der Waals surface area contributed by atoms with Gasteiger partial charge in [0, 0.05) is 7.11 Å². The van der Waals surface area contributed by atoms with Crippen LogP contribution in [-0.2, 0) is 18.4 Å². The van der Waals surface area contributed by atoms with Gasteiger partial charge in [-0.05, 0) is 33.9 Å². The molecule has 0 fully saturated rings. The van der Waals surface area contributed by atoms with Gasteiger partial charge in [0.1, 0.15) is 0 Å². The van der Waals surface area contributed by atoms with E-state index in [1.165, 1.54) is 0 Å². The van der Waals surface area contributed by atoms with Gasteiger partial charge >= 0.3 is 14.5 Å². The van der Waals surface area contributed by atoms with Crippen LogP contribution in [0.4, 0.5) is 0 Å². The van der Waals surface area contributed by atoms with Crippen LogP contribution in [0.15, 0.2) is 0 Å². The van der Waals surface area contributed by atoms with Gasteiger partial charge in [-0.15, -0.1) is 0 Å². The number of esters is 1. The molecular weight excluding hydrogens is 212 g/mol. The van der Waals surface area contributed by atoms with Gasteiger partial charge in [-0.1, -0.05) is 0 Å². The van der Waals surface area contributed by atoms with E-state index in [1.54, 1.807) is 14.0 Å². The third-order valence-corrected chi connectivity index (χ3v) is 3.92. The molecule has 5 heteroatoms. The van der Waals surface area contributed by atoms with E-state index in [2.05, 4.69) is 0 Å². The van der Waals surface area contributed by atoms with Crippen molar-refractivity contribution >= 4 is 14.5 Å². The van der Waals surface area contributed by atoms with Crippen molar-refractivity contribution in [2.24, 2.45) is 5.41 Å². The average Bonchev–Trinajstić information content (AvgIpc) is 2.16. The van der Waals surface area contributed by atoms with E-state index in [9.17, 15) is 4.79 Å². The molecule has 0 aliphatic heterocycles. The van der Waals surface area contributed by atoms with Crippen LogP contribution in [0.1, 0.15) is 20.8 Å². The van der Waals surface area contributed by atoms with Crippen LogP contribution >= 0.6 is 0 Å². The second-order valence-electron chi connectivity index (χ2n) is 4.50. The predicted molar refractivity (Wildman–Crippen MR) is 60.9 cm³/mol. The first-order valence-corrected chi connectivity index (χ1v) is 7.93. The van der Waals surface area contributed by atoms with E-state index in [4.69, 9.17) is 13.6 Å². The van der Waals surface area contributed by atoms with Gasteiger partial charge < -0.3 is 13.6 Å². The normalized spacial score (nSPS) is 12.7. The second kappa shape index (κ2) is 5.63. The van der Waals surface area contributed by atoms with E-state index in [1.807, 2.05) is 26.9 Å². The molecule has 90 valence electrons. The van der Waals surface area contributed by atoms with Gasteiger partial charge in [-0.25, -0.2) is 0 Å². The highest BCUT2D eigenvalue weighted by Gasteiger charge is 2.33. The molecule has 0 saturated carbocycles. The van der Waals surface area contributed by atoms with Crippen molar-refractivity contribution in [2.45, 2.75) is 33.9 Å². The number of rotatable bonds is 6. The van der Waals surface area contributed by atoms with Crippen molar-refractivity contribution in [3.05, 3.63) is 0 Å². The van der Waals surface area contributed by atoms with Crippen molar-refractivity contribution in [3.8, 4) is 0 Å². The topological polar surface area (TPSA) is 44.8 Å². The molecule has 0 heterocycles. The lowest BCUT2D eigenvalue weighted by Crippen LogP contribution is -2.40. The predicted octanol–water partition coefficient (Wildman–Crippen LogP) is 1.94. The first-order valence-electron chi connectivity index (χ1n) is 5.11.